The van der Waals surface area contributed by atoms with Crippen LogP contribution in [0.25, 0.3) is 11.1 Å². The van der Waals surface area contributed by atoms with Crippen molar-refractivity contribution in [2.24, 2.45) is 0 Å². The third-order valence-electron chi connectivity index (χ3n) is 3.34. The summed E-state index contributed by atoms with van der Waals surface area (Å²) in [6, 6.07) is 12.0. The molecule has 0 saturated heterocycles. The van der Waals surface area contributed by atoms with Crippen molar-refractivity contribution in [2.75, 3.05) is 10.6 Å². The molecular weight excluding hydrogens is 310 g/mol. The largest absolute Gasteiger partial charge is 0.417 e. The number of aromatic nitrogens is 1. The number of hydrogen-bond donors (Lipinski definition) is 3. The van der Waals surface area contributed by atoms with Gasteiger partial charge in [-0.2, -0.15) is 0 Å². The number of benzene rings is 2. The minimum atomic E-state index is -0.535. The number of rotatable bonds is 4. The van der Waals surface area contributed by atoms with Gasteiger partial charge in [-0.05, 0) is 35.9 Å². The Bertz CT molecular complexity index is 954. The number of anilines is 2. The van der Waals surface area contributed by atoms with E-state index >= 15 is 0 Å². The highest BCUT2D eigenvalue weighted by Gasteiger charge is 2.07. The lowest BCUT2D eigenvalue weighted by molar-refractivity contribution is -0.116. The first-order chi connectivity index (χ1) is 11.5. The first kappa shape index (κ1) is 15.5. The molecule has 3 rings (SSSR count). The minimum absolute atomic E-state index is 0.145. The van der Waals surface area contributed by atoms with Crippen LogP contribution in [0.4, 0.5) is 11.4 Å². The molecule has 2 aromatic carbocycles. The van der Waals surface area contributed by atoms with Crippen LogP contribution in [0.2, 0.25) is 0 Å². The Morgan fingerprint density at radius 3 is 2.46 bits per heavy atom. The lowest BCUT2D eigenvalue weighted by Gasteiger charge is -2.06. The smallest absolute Gasteiger partial charge is 0.408 e. The van der Waals surface area contributed by atoms with Gasteiger partial charge in [0.25, 0.3) is 0 Å². The van der Waals surface area contributed by atoms with Gasteiger partial charge in [0.05, 0.1) is 11.9 Å². The van der Waals surface area contributed by atoms with Crippen LogP contribution in [0.1, 0.15) is 12.5 Å². The SMILES string of the molecule is CC(=O)Nc1ccc(CC(=O)Nc2ccc3oc(=O)[nH]c3c2)cc1. The summed E-state index contributed by atoms with van der Waals surface area (Å²) in [6.45, 7) is 1.44. The highest BCUT2D eigenvalue weighted by Crippen LogP contribution is 2.17. The van der Waals surface area contributed by atoms with E-state index in [1.165, 1.54) is 6.92 Å². The van der Waals surface area contributed by atoms with Crippen LogP contribution in [-0.2, 0) is 16.0 Å². The average Bonchev–Trinajstić information content (AvgIpc) is 2.88. The van der Waals surface area contributed by atoms with Crippen molar-refractivity contribution in [1.82, 2.24) is 4.98 Å². The van der Waals surface area contributed by atoms with Crippen molar-refractivity contribution in [3.05, 3.63) is 58.6 Å². The zero-order chi connectivity index (χ0) is 17.1. The van der Waals surface area contributed by atoms with E-state index in [2.05, 4.69) is 15.6 Å². The second kappa shape index (κ2) is 6.41. The highest BCUT2D eigenvalue weighted by molar-refractivity contribution is 5.94. The number of amides is 2. The van der Waals surface area contributed by atoms with E-state index in [0.29, 0.717) is 22.5 Å². The van der Waals surface area contributed by atoms with Crippen molar-refractivity contribution in [2.45, 2.75) is 13.3 Å². The van der Waals surface area contributed by atoms with E-state index in [9.17, 15) is 14.4 Å². The summed E-state index contributed by atoms with van der Waals surface area (Å²) in [4.78, 5) is 36.7. The molecule has 0 unspecified atom stereocenters. The molecule has 0 saturated carbocycles. The Balaban J connectivity index is 1.65. The second-order valence-electron chi connectivity index (χ2n) is 5.33. The zero-order valence-electron chi connectivity index (χ0n) is 12.9. The molecular formula is C17H15N3O4. The summed E-state index contributed by atoms with van der Waals surface area (Å²) < 4.78 is 4.91. The third-order valence-corrected chi connectivity index (χ3v) is 3.34. The first-order valence-electron chi connectivity index (χ1n) is 7.29. The van der Waals surface area contributed by atoms with Gasteiger partial charge in [-0.1, -0.05) is 12.1 Å². The monoisotopic (exact) mass is 325 g/mol. The van der Waals surface area contributed by atoms with Crippen LogP contribution in [0.15, 0.2) is 51.7 Å². The second-order valence-corrected chi connectivity index (χ2v) is 5.33. The molecule has 7 heteroatoms. The van der Waals surface area contributed by atoms with Crippen LogP contribution >= 0.6 is 0 Å². The van der Waals surface area contributed by atoms with E-state index in [4.69, 9.17) is 4.42 Å². The van der Waals surface area contributed by atoms with Crippen LogP contribution in [0.5, 0.6) is 0 Å². The van der Waals surface area contributed by atoms with Crippen molar-refractivity contribution >= 4 is 34.3 Å². The fraction of sp³-hybridized carbons (Fsp3) is 0.118. The third kappa shape index (κ3) is 3.70. The van der Waals surface area contributed by atoms with Gasteiger partial charge in [0.1, 0.15) is 0 Å². The molecule has 1 aromatic heterocycles. The number of hydrogen-bond acceptors (Lipinski definition) is 4. The molecule has 0 radical (unpaired) electrons. The zero-order valence-corrected chi connectivity index (χ0v) is 12.9. The van der Waals surface area contributed by atoms with Crippen molar-refractivity contribution < 1.29 is 14.0 Å². The van der Waals surface area contributed by atoms with Crippen molar-refractivity contribution in [3.63, 3.8) is 0 Å². The number of aromatic amines is 1. The lowest BCUT2D eigenvalue weighted by Crippen LogP contribution is -2.14. The molecule has 0 atom stereocenters. The predicted molar refractivity (Wildman–Crippen MR) is 89.9 cm³/mol. The summed E-state index contributed by atoms with van der Waals surface area (Å²) in [5.74, 6) is -0.867. The summed E-state index contributed by atoms with van der Waals surface area (Å²) in [5.41, 5.74) is 3.03. The van der Waals surface area contributed by atoms with Gasteiger partial charge in [-0.3, -0.25) is 14.6 Å². The number of H-pyrrole nitrogens is 1. The van der Waals surface area contributed by atoms with Crippen LogP contribution in [0.3, 0.4) is 0 Å². The van der Waals surface area contributed by atoms with Gasteiger partial charge in [0.2, 0.25) is 11.8 Å². The summed E-state index contributed by atoms with van der Waals surface area (Å²) in [5, 5.41) is 5.43. The topological polar surface area (TPSA) is 104 Å². The Kier molecular flexibility index (Phi) is 4.15. The van der Waals surface area contributed by atoms with Gasteiger partial charge in [-0.25, -0.2) is 4.79 Å². The quantitative estimate of drug-likeness (QED) is 0.684. The molecule has 0 spiro atoms. The van der Waals surface area contributed by atoms with Crippen LogP contribution in [-0.4, -0.2) is 16.8 Å². The van der Waals surface area contributed by atoms with Crippen molar-refractivity contribution in [1.29, 1.82) is 0 Å². The molecule has 24 heavy (non-hydrogen) atoms. The van der Waals surface area contributed by atoms with Gasteiger partial charge < -0.3 is 15.1 Å². The molecule has 2 amide bonds. The Morgan fingerprint density at radius 1 is 1.04 bits per heavy atom. The molecule has 0 bridgehead atoms. The molecule has 0 aliphatic heterocycles. The lowest BCUT2D eigenvalue weighted by atomic mass is 10.1. The maximum Gasteiger partial charge on any atom is 0.417 e. The van der Waals surface area contributed by atoms with E-state index in [1.54, 1.807) is 42.5 Å². The van der Waals surface area contributed by atoms with E-state index < -0.39 is 5.76 Å². The van der Waals surface area contributed by atoms with Gasteiger partial charge in [0.15, 0.2) is 5.58 Å². The molecule has 7 nitrogen and oxygen atoms in total. The fourth-order valence-corrected chi connectivity index (χ4v) is 2.33. The van der Waals surface area contributed by atoms with Gasteiger partial charge >= 0.3 is 5.76 Å². The standard InChI is InChI=1S/C17H15N3O4/c1-10(21)18-12-4-2-11(3-5-12)8-16(22)19-13-6-7-15-14(9-13)20-17(23)24-15/h2-7,9H,8H2,1H3,(H,18,21)(H,19,22)(H,20,23). The number of carbonyl (C=O) groups excluding carboxylic acids is 2. The Morgan fingerprint density at radius 2 is 1.75 bits per heavy atom. The molecule has 0 aliphatic rings. The number of nitrogens with one attached hydrogen (secondary N) is 3. The van der Waals surface area contributed by atoms with Gasteiger partial charge in [-0.15, -0.1) is 0 Å². The molecule has 3 aromatic rings. The summed E-state index contributed by atoms with van der Waals surface area (Å²) in [6.07, 6.45) is 0.195. The average molecular weight is 325 g/mol. The number of carbonyl (C=O) groups is 2. The van der Waals surface area contributed by atoms with Crippen LogP contribution < -0.4 is 16.4 Å². The highest BCUT2D eigenvalue weighted by atomic mass is 16.4. The summed E-state index contributed by atoms with van der Waals surface area (Å²) in [7, 11) is 0. The molecule has 122 valence electrons. The molecule has 1 heterocycles. The van der Waals surface area contributed by atoms with E-state index in [-0.39, 0.29) is 18.2 Å². The van der Waals surface area contributed by atoms with Crippen LogP contribution in [0, 0.1) is 0 Å². The molecule has 3 N–H and O–H groups in total. The van der Waals surface area contributed by atoms with Crippen molar-refractivity contribution in [3.8, 4) is 0 Å². The predicted octanol–water partition coefficient (Wildman–Crippen LogP) is 2.26. The Labute approximate surface area is 136 Å². The van der Waals surface area contributed by atoms with Gasteiger partial charge in [0, 0.05) is 18.3 Å². The normalized spacial score (nSPS) is 10.5. The maximum absolute atomic E-state index is 12.1. The Hall–Kier alpha value is -3.35. The first-order valence-corrected chi connectivity index (χ1v) is 7.29. The summed E-state index contributed by atoms with van der Waals surface area (Å²) >= 11 is 0. The van der Waals surface area contributed by atoms with E-state index in [1.807, 2.05) is 0 Å². The van der Waals surface area contributed by atoms with E-state index in [0.717, 1.165) is 5.56 Å². The maximum atomic E-state index is 12.1. The fourth-order valence-electron chi connectivity index (χ4n) is 2.33. The minimum Gasteiger partial charge on any atom is -0.408 e. The number of oxazole rings is 1. The molecule has 0 fully saturated rings. The molecule has 0 aliphatic carbocycles. The number of fused-ring (bicyclic) bond motifs is 1.